The summed E-state index contributed by atoms with van der Waals surface area (Å²) in [6.45, 7) is 2.86. The van der Waals surface area contributed by atoms with E-state index in [4.69, 9.17) is 4.74 Å². The second-order valence-corrected chi connectivity index (χ2v) is 4.28. The van der Waals surface area contributed by atoms with Crippen molar-refractivity contribution in [1.82, 2.24) is 5.32 Å². The van der Waals surface area contributed by atoms with Crippen molar-refractivity contribution < 1.29 is 17.9 Å². The predicted octanol–water partition coefficient (Wildman–Crippen LogP) is 2.35. The predicted molar refractivity (Wildman–Crippen MR) is 51.7 cm³/mol. The van der Waals surface area contributed by atoms with Gasteiger partial charge in [0.25, 0.3) is 0 Å². The van der Waals surface area contributed by atoms with Crippen LogP contribution in [-0.4, -0.2) is 32.5 Å². The molecule has 0 spiro atoms. The Bertz CT molecular complexity index is 190. The molecule has 0 radical (unpaired) electrons. The molecule has 1 aliphatic rings. The SMILES string of the molecule is CCCNCC1(COCC(F)(F)F)CC1. The Hall–Kier alpha value is -0.290. The largest absolute Gasteiger partial charge is 0.411 e. The molecule has 2 nitrogen and oxygen atoms in total. The molecule has 0 aromatic heterocycles. The third-order valence-corrected chi connectivity index (χ3v) is 2.56. The highest BCUT2D eigenvalue weighted by Gasteiger charge is 2.43. The Balaban J connectivity index is 2.09. The van der Waals surface area contributed by atoms with Crippen molar-refractivity contribution in [1.29, 1.82) is 0 Å². The molecule has 5 heteroatoms. The number of nitrogens with one attached hydrogen (secondary N) is 1. The Morgan fingerprint density at radius 2 is 2.00 bits per heavy atom. The van der Waals surface area contributed by atoms with E-state index in [2.05, 4.69) is 12.2 Å². The summed E-state index contributed by atoms with van der Waals surface area (Å²) >= 11 is 0. The lowest BCUT2D eigenvalue weighted by molar-refractivity contribution is -0.177. The fraction of sp³-hybridized carbons (Fsp3) is 1.00. The molecule has 0 unspecified atom stereocenters. The van der Waals surface area contributed by atoms with Gasteiger partial charge in [-0.3, -0.25) is 0 Å². The summed E-state index contributed by atoms with van der Waals surface area (Å²) in [6, 6.07) is 0. The Kier molecular flexibility index (Phi) is 4.40. The topological polar surface area (TPSA) is 21.3 Å². The van der Waals surface area contributed by atoms with Crippen LogP contribution >= 0.6 is 0 Å². The van der Waals surface area contributed by atoms with Crippen LogP contribution in [0.5, 0.6) is 0 Å². The van der Waals surface area contributed by atoms with Crippen molar-refractivity contribution >= 4 is 0 Å². The first-order chi connectivity index (χ1) is 6.97. The van der Waals surface area contributed by atoms with Gasteiger partial charge in [-0.25, -0.2) is 0 Å². The van der Waals surface area contributed by atoms with Gasteiger partial charge in [-0.05, 0) is 25.8 Å². The molecule has 0 saturated heterocycles. The quantitative estimate of drug-likeness (QED) is 0.671. The molecule has 0 heterocycles. The second kappa shape index (κ2) is 5.16. The van der Waals surface area contributed by atoms with Gasteiger partial charge < -0.3 is 10.1 Å². The number of alkyl halides is 3. The summed E-state index contributed by atoms with van der Waals surface area (Å²) < 4.78 is 40.1. The van der Waals surface area contributed by atoms with Crippen LogP contribution in [0, 0.1) is 5.41 Å². The van der Waals surface area contributed by atoms with Crippen molar-refractivity contribution in [3.63, 3.8) is 0 Å². The minimum Gasteiger partial charge on any atom is -0.371 e. The van der Waals surface area contributed by atoms with Crippen LogP contribution in [0.15, 0.2) is 0 Å². The Labute approximate surface area is 88.2 Å². The van der Waals surface area contributed by atoms with Gasteiger partial charge in [-0.2, -0.15) is 13.2 Å². The van der Waals surface area contributed by atoms with Gasteiger partial charge in [-0.1, -0.05) is 6.92 Å². The first kappa shape index (κ1) is 12.8. The van der Waals surface area contributed by atoms with Crippen molar-refractivity contribution in [3.05, 3.63) is 0 Å². The lowest BCUT2D eigenvalue weighted by Gasteiger charge is -2.16. The van der Waals surface area contributed by atoms with Crippen molar-refractivity contribution in [2.24, 2.45) is 5.41 Å². The zero-order chi connectivity index (χ0) is 11.4. The summed E-state index contributed by atoms with van der Waals surface area (Å²) in [7, 11) is 0. The molecule has 15 heavy (non-hydrogen) atoms. The molecule has 0 aromatic rings. The molecule has 1 aliphatic carbocycles. The molecule has 0 amide bonds. The first-order valence-electron chi connectivity index (χ1n) is 5.33. The van der Waals surface area contributed by atoms with Gasteiger partial charge in [0.05, 0.1) is 6.61 Å². The van der Waals surface area contributed by atoms with Gasteiger partial charge in [0.15, 0.2) is 0 Å². The fourth-order valence-corrected chi connectivity index (χ4v) is 1.46. The van der Waals surface area contributed by atoms with Gasteiger partial charge in [0.1, 0.15) is 6.61 Å². The van der Waals surface area contributed by atoms with E-state index >= 15 is 0 Å². The van der Waals surface area contributed by atoms with Crippen LogP contribution in [0.4, 0.5) is 13.2 Å². The van der Waals surface area contributed by atoms with E-state index in [1.54, 1.807) is 0 Å². The summed E-state index contributed by atoms with van der Waals surface area (Å²) in [5, 5.41) is 3.22. The lowest BCUT2D eigenvalue weighted by atomic mass is 10.1. The van der Waals surface area contributed by atoms with E-state index in [0.717, 1.165) is 32.4 Å². The van der Waals surface area contributed by atoms with Gasteiger partial charge in [0.2, 0.25) is 0 Å². The van der Waals surface area contributed by atoms with Gasteiger partial charge in [-0.15, -0.1) is 0 Å². The molecule has 1 fully saturated rings. The fourth-order valence-electron chi connectivity index (χ4n) is 1.46. The summed E-state index contributed by atoms with van der Waals surface area (Å²) in [4.78, 5) is 0. The Morgan fingerprint density at radius 1 is 1.33 bits per heavy atom. The van der Waals surface area contributed by atoms with Crippen molar-refractivity contribution in [2.45, 2.75) is 32.4 Å². The molecule has 1 N–H and O–H groups in total. The van der Waals surface area contributed by atoms with Crippen LogP contribution in [-0.2, 0) is 4.74 Å². The van der Waals surface area contributed by atoms with Gasteiger partial charge in [0, 0.05) is 12.0 Å². The number of halogens is 3. The number of hydrogen-bond donors (Lipinski definition) is 1. The van der Waals surface area contributed by atoms with Gasteiger partial charge >= 0.3 is 6.18 Å². The molecule has 0 atom stereocenters. The van der Waals surface area contributed by atoms with Crippen LogP contribution in [0.3, 0.4) is 0 Å². The molecule has 90 valence electrons. The van der Waals surface area contributed by atoms with Crippen LogP contribution in [0.25, 0.3) is 0 Å². The van der Waals surface area contributed by atoms with Crippen molar-refractivity contribution in [2.75, 3.05) is 26.3 Å². The molecular formula is C10H18F3NO. The molecular weight excluding hydrogens is 207 g/mol. The average Bonchev–Trinajstić information content (AvgIpc) is 2.84. The minimum absolute atomic E-state index is 0.0135. The zero-order valence-electron chi connectivity index (χ0n) is 8.99. The smallest absolute Gasteiger partial charge is 0.371 e. The third kappa shape index (κ3) is 5.37. The maximum Gasteiger partial charge on any atom is 0.411 e. The monoisotopic (exact) mass is 225 g/mol. The van der Waals surface area contributed by atoms with E-state index < -0.39 is 12.8 Å². The lowest BCUT2D eigenvalue weighted by Crippen LogP contribution is -2.29. The van der Waals surface area contributed by atoms with E-state index in [-0.39, 0.29) is 12.0 Å². The zero-order valence-corrected chi connectivity index (χ0v) is 8.99. The second-order valence-electron chi connectivity index (χ2n) is 4.28. The highest BCUT2D eigenvalue weighted by Crippen LogP contribution is 2.45. The molecule has 0 aromatic carbocycles. The molecule has 1 rings (SSSR count). The molecule has 1 saturated carbocycles. The third-order valence-electron chi connectivity index (χ3n) is 2.56. The van der Waals surface area contributed by atoms with Crippen LogP contribution in [0.2, 0.25) is 0 Å². The minimum atomic E-state index is -4.20. The standard InChI is InChI=1S/C10H18F3NO/c1-2-5-14-6-9(3-4-9)7-15-8-10(11,12)13/h14H,2-8H2,1H3. The van der Waals surface area contributed by atoms with Crippen molar-refractivity contribution in [3.8, 4) is 0 Å². The van der Waals surface area contributed by atoms with E-state index in [1.165, 1.54) is 0 Å². The molecule has 0 aliphatic heterocycles. The van der Waals surface area contributed by atoms with E-state index in [0.29, 0.717) is 0 Å². The highest BCUT2D eigenvalue weighted by molar-refractivity contribution is 4.94. The maximum absolute atomic E-state index is 11.8. The van der Waals surface area contributed by atoms with Crippen LogP contribution < -0.4 is 5.32 Å². The first-order valence-corrected chi connectivity index (χ1v) is 5.33. The number of rotatable bonds is 7. The van der Waals surface area contributed by atoms with Crippen LogP contribution in [0.1, 0.15) is 26.2 Å². The Morgan fingerprint density at radius 3 is 2.47 bits per heavy atom. The summed E-state index contributed by atoms with van der Waals surface area (Å²) in [5.74, 6) is 0. The van der Waals surface area contributed by atoms with E-state index in [1.807, 2.05) is 0 Å². The highest BCUT2D eigenvalue weighted by atomic mass is 19.4. The summed E-state index contributed by atoms with van der Waals surface area (Å²) in [5.41, 5.74) is -0.0135. The molecule has 0 bridgehead atoms. The summed E-state index contributed by atoms with van der Waals surface area (Å²) in [6.07, 6.45) is -1.21. The number of ether oxygens (including phenoxy) is 1. The van der Waals surface area contributed by atoms with E-state index in [9.17, 15) is 13.2 Å². The average molecular weight is 225 g/mol. The number of hydrogen-bond acceptors (Lipinski definition) is 2. The maximum atomic E-state index is 11.8. The normalized spacial score (nSPS) is 19.2.